The predicted octanol–water partition coefficient (Wildman–Crippen LogP) is 2.49. The van der Waals surface area contributed by atoms with Gasteiger partial charge >= 0.3 is 0 Å². The van der Waals surface area contributed by atoms with Gasteiger partial charge in [-0.05, 0) is 56.3 Å². The molecule has 0 radical (unpaired) electrons. The minimum atomic E-state index is 0.145. The summed E-state index contributed by atoms with van der Waals surface area (Å²) < 4.78 is 12.0. The van der Waals surface area contributed by atoms with E-state index in [1.807, 2.05) is 24.5 Å². The van der Waals surface area contributed by atoms with Gasteiger partial charge in [-0.3, -0.25) is 4.98 Å². The third kappa shape index (κ3) is 3.62. The fourth-order valence-corrected chi connectivity index (χ4v) is 3.64. The molecule has 0 aliphatic carbocycles. The zero-order valence-electron chi connectivity index (χ0n) is 13.0. The van der Waals surface area contributed by atoms with E-state index in [0.29, 0.717) is 12.5 Å². The molecule has 1 atom stereocenters. The van der Waals surface area contributed by atoms with Crippen LogP contribution in [0.15, 0.2) is 24.5 Å². The van der Waals surface area contributed by atoms with Crippen LogP contribution in [-0.4, -0.2) is 48.8 Å². The second-order valence-corrected chi connectivity index (χ2v) is 6.40. The molecule has 1 aromatic rings. The first-order chi connectivity index (χ1) is 10.3. The van der Waals surface area contributed by atoms with Crippen molar-refractivity contribution in [3.63, 3.8) is 0 Å². The maximum atomic E-state index is 6.17. The van der Waals surface area contributed by atoms with Crippen molar-refractivity contribution in [2.75, 3.05) is 33.4 Å². The van der Waals surface area contributed by atoms with Crippen LogP contribution in [0.2, 0.25) is 0 Å². The van der Waals surface area contributed by atoms with E-state index in [1.165, 1.54) is 24.8 Å². The predicted molar refractivity (Wildman–Crippen MR) is 82.0 cm³/mol. The Kier molecular flexibility index (Phi) is 4.88. The third-order valence-electron chi connectivity index (χ3n) is 5.06. The van der Waals surface area contributed by atoms with E-state index < -0.39 is 0 Å². The van der Waals surface area contributed by atoms with Crippen LogP contribution in [0.25, 0.3) is 0 Å². The number of pyridine rings is 1. The Morgan fingerprint density at radius 1 is 1.33 bits per heavy atom. The van der Waals surface area contributed by atoms with Gasteiger partial charge in [0.25, 0.3) is 0 Å². The largest absolute Gasteiger partial charge is 0.377 e. The highest BCUT2D eigenvalue weighted by atomic mass is 16.5. The van der Waals surface area contributed by atoms with Crippen LogP contribution >= 0.6 is 0 Å². The molecule has 0 bridgehead atoms. The summed E-state index contributed by atoms with van der Waals surface area (Å²) in [6.45, 7) is 4.77. The third-order valence-corrected chi connectivity index (χ3v) is 5.06. The van der Waals surface area contributed by atoms with Crippen molar-refractivity contribution >= 4 is 0 Å². The van der Waals surface area contributed by atoms with Crippen LogP contribution in [0, 0.1) is 5.92 Å². The number of hydrogen-bond acceptors (Lipinski definition) is 4. The fourth-order valence-electron chi connectivity index (χ4n) is 3.64. The first-order valence-electron chi connectivity index (χ1n) is 8.08. The van der Waals surface area contributed by atoms with Crippen molar-refractivity contribution in [2.24, 2.45) is 5.92 Å². The summed E-state index contributed by atoms with van der Waals surface area (Å²) in [5.74, 6) is 0.670. The molecule has 0 N–H and O–H groups in total. The van der Waals surface area contributed by atoms with Crippen LogP contribution in [0.1, 0.15) is 31.2 Å². The van der Waals surface area contributed by atoms with Gasteiger partial charge in [0.2, 0.25) is 0 Å². The highest BCUT2D eigenvalue weighted by Gasteiger charge is 2.45. The van der Waals surface area contributed by atoms with Crippen LogP contribution in [0.5, 0.6) is 0 Å². The molecule has 1 unspecified atom stereocenters. The topological polar surface area (TPSA) is 34.6 Å². The molecule has 2 saturated heterocycles. The lowest BCUT2D eigenvalue weighted by atomic mass is 9.78. The monoisotopic (exact) mass is 290 g/mol. The number of likely N-dealkylation sites (tertiary alicyclic amines) is 1. The van der Waals surface area contributed by atoms with Crippen molar-refractivity contribution in [3.8, 4) is 0 Å². The van der Waals surface area contributed by atoms with Crippen molar-refractivity contribution in [3.05, 3.63) is 30.1 Å². The summed E-state index contributed by atoms with van der Waals surface area (Å²) in [5, 5.41) is 0. The summed E-state index contributed by atoms with van der Waals surface area (Å²) in [6.07, 6.45) is 8.31. The van der Waals surface area contributed by atoms with Gasteiger partial charge in [0.05, 0.1) is 12.2 Å². The van der Waals surface area contributed by atoms with E-state index in [2.05, 4.69) is 16.9 Å². The number of aromatic nitrogens is 1. The van der Waals surface area contributed by atoms with Crippen LogP contribution < -0.4 is 0 Å². The zero-order valence-corrected chi connectivity index (χ0v) is 13.0. The standard InChI is InChI=1S/C17H26N2O2/c1-19-10-6-17(7-11-19)16(5-13-21-17)4-12-20-14-15-2-8-18-9-3-15/h2-3,8-9,16H,4-7,10-14H2,1H3. The summed E-state index contributed by atoms with van der Waals surface area (Å²) in [4.78, 5) is 6.43. The van der Waals surface area contributed by atoms with E-state index in [-0.39, 0.29) is 5.60 Å². The Morgan fingerprint density at radius 2 is 2.10 bits per heavy atom. The molecule has 0 saturated carbocycles. The minimum absolute atomic E-state index is 0.145. The first-order valence-corrected chi connectivity index (χ1v) is 8.08. The second-order valence-electron chi connectivity index (χ2n) is 6.40. The normalized spacial score (nSPS) is 25.5. The number of nitrogens with zero attached hydrogens (tertiary/aromatic N) is 2. The average Bonchev–Trinajstić information content (AvgIpc) is 2.91. The van der Waals surface area contributed by atoms with E-state index in [9.17, 15) is 0 Å². The molecule has 3 heterocycles. The molecule has 116 valence electrons. The fraction of sp³-hybridized carbons (Fsp3) is 0.706. The Labute approximate surface area is 127 Å². The Balaban J connectivity index is 1.44. The maximum absolute atomic E-state index is 6.17. The molecular formula is C17H26N2O2. The smallest absolute Gasteiger partial charge is 0.0736 e. The summed E-state index contributed by atoms with van der Waals surface area (Å²) >= 11 is 0. The van der Waals surface area contributed by atoms with E-state index in [1.54, 1.807) is 0 Å². The molecule has 0 aromatic carbocycles. The lowest BCUT2D eigenvalue weighted by Gasteiger charge is -2.41. The quantitative estimate of drug-likeness (QED) is 0.780. The minimum Gasteiger partial charge on any atom is -0.377 e. The van der Waals surface area contributed by atoms with Crippen LogP contribution in [0.3, 0.4) is 0 Å². The molecule has 21 heavy (non-hydrogen) atoms. The summed E-state index contributed by atoms with van der Waals surface area (Å²) in [7, 11) is 2.20. The lowest BCUT2D eigenvalue weighted by molar-refractivity contribution is -0.0687. The molecule has 1 spiro atoms. The van der Waals surface area contributed by atoms with Gasteiger partial charge in [-0.2, -0.15) is 0 Å². The van der Waals surface area contributed by atoms with E-state index in [0.717, 1.165) is 32.7 Å². The Morgan fingerprint density at radius 3 is 2.86 bits per heavy atom. The second kappa shape index (κ2) is 6.86. The lowest BCUT2D eigenvalue weighted by Crippen LogP contribution is -2.46. The zero-order chi connectivity index (χ0) is 14.5. The molecule has 1 aromatic heterocycles. The van der Waals surface area contributed by atoms with Gasteiger partial charge in [-0.25, -0.2) is 0 Å². The molecule has 2 aliphatic heterocycles. The molecule has 4 heteroatoms. The van der Waals surface area contributed by atoms with Gasteiger partial charge in [-0.15, -0.1) is 0 Å². The Bertz CT molecular complexity index is 430. The molecule has 4 nitrogen and oxygen atoms in total. The van der Waals surface area contributed by atoms with Gasteiger partial charge in [0.1, 0.15) is 0 Å². The van der Waals surface area contributed by atoms with Gasteiger partial charge in [-0.1, -0.05) is 0 Å². The SMILES string of the molecule is CN1CCC2(CC1)OCCC2CCOCc1ccncc1. The molecule has 0 amide bonds. The van der Waals surface area contributed by atoms with Gasteiger partial charge in [0, 0.05) is 38.7 Å². The van der Waals surface area contributed by atoms with Crippen molar-refractivity contribution in [2.45, 2.75) is 37.9 Å². The number of rotatable bonds is 5. The average molecular weight is 290 g/mol. The maximum Gasteiger partial charge on any atom is 0.0736 e. The molecular weight excluding hydrogens is 264 g/mol. The van der Waals surface area contributed by atoms with Crippen LogP contribution in [0.4, 0.5) is 0 Å². The molecule has 3 rings (SSSR count). The number of hydrogen-bond donors (Lipinski definition) is 0. The first kappa shape index (κ1) is 14.9. The van der Waals surface area contributed by atoms with E-state index >= 15 is 0 Å². The molecule has 2 aliphatic rings. The van der Waals surface area contributed by atoms with Gasteiger partial charge in [0.15, 0.2) is 0 Å². The Hall–Kier alpha value is -0.970. The summed E-state index contributed by atoms with van der Waals surface area (Å²) in [5.41, 5.74) is 1.34. The number of ether oxygens (including phenoxy) is 2. The van der Waals surface area contributed by atoms with E-state index in [4.69, 9.17) is 9.47 Å². The highest BCUT2D eigenvalue weighted by molar-refractivity contribution is 5.07. The highest BCUT2D eigenvalue weighted by Crippen LogP contribution is 2.42. The van der Waals surface area contributed by atoms with Crippen LogP contribution in [-0.2, 0) is 16.1 Å². The van der Waals surface area contributed by atoms with Crippen molar-refractivity contribution < 1.29 is 9.47 Å². The van der Waals surface area contributed by atoms with Gasteiger partial charge < -0.3 is 14.4 Å². The van der Waals surface area contributed by atoms with Crippen molar-refractivity contribution in [1.29, 1.82) is 0 Å². The number of piperidine rings is 1. The van der Waals surface area contributed by atoms with Crippen molar-refractivity contribution in [1.82, 2.24) is 9.88 Å². The molecule has 2 fully saturated rings. The summed E-state index contributed by atoms with van der Waals surface area (Å²) in [6, 6.07) is 4.02.